The molecule has 0 spiro atoms. The number of halogens is 1. The lowest BCUT2D eigenvalue weighted by atomic mass is 10.1. The molecule has 11 heteroatoms. The van der Waals surface area contributed by atoms with Gasteiger partial charge in [0, 0.05) is 56.9 Å². The first-order chi connectivity index (χ1) is 17.9. The molecule has 1 atom stereocenters. The number of aromatic nitrogens is 2. The molecule has 1 aromatic carbocycles. The van der Waals surface area contributed by atoms with E-state index >= 15 is 0 Å². The van der Waals surface area contributed by atoms with Crippen molar-refractivity contribution >= 4 is 41.0 Å². The van der Waals surface area contributed by atoms with E-state index < -0.39 is 0 Å². The number of morpholine rings is 1. The van der Waals surface area contributed by atoms with Gasteiger partial charge in [0.15, 0.2) is 5.16 Å². The standard InChI is InChI=1S/C26H35ClN6O3S/c1-19-4-6-21(7-5-19)25(35)33-11-10-32(17-20(33)2)23-16-22(27)29-26(30-23)37-18-24(34)28-8-3-9-31-12-14-36-15-13-31/h4-7,16,20H,3,8-15,17-18H2,1-2H3,(H,28,34). The molecule has 200 valence electrons. The summed E-state index contributed by atoms with van der Waals surface area (Å²) in [5.41, 5.74) is 1.83. The van der Waals surface area contributed by atoms with Gasteiger partial charge in [0.2, 0.25) is 5.91 Å². The molecule has 3 heterocycles. The topological polar surface area (TPSA) is 90.9 Å². The molecule has 2 aliphatic heterocycles. The molecule has 2 aromatic rings. The monoisotopic (exact) mass is 546 g/mol. The Morgan fingerprint density at radius 2 is 1.89 bits per heavy atom. The van der Waals surface area contributed by atoms with E-state index in [0.29, 0.717) is 47.9 Å². The average molecular weight is 547 g/mol. The Balaban J connectivity index is 1.25. The van der Waals surface area contributed by atoms with Crippen molar-refractivity contribution in [3.05, 3.63) is 46.6 Å². The quantitative estimate of drug-likeness (QED) is 0.222. The molecule has 0 bridgehead atoms. The highest BCUT2D eigenvalue weighted by atomic mass is 35.5. The summed E-state index contributed by atoms with van der Waals surface area (Å²) in [7, 11) is 0. The summed E-state index contributed by atoms with van der Waals surface area (Å²) in [5, 5.41) is 3.78. The van der Waals surface area contributed by atoms with Gasteiger partial charge in [0.25, 0.3) is 5.91 Å². The second-order valence-corrected chi connectivity index (χ2v) is 10.8. The number of rotatable bonds is 9. The second kappa shape index (κ2) is 13.4. The fourth-order valence-electron chi connectivity index (χ4n) is 4.48. The molecule has 1 N–H and O–H groups in total. The smallest absolute Gasteiger partial charge is 0.254 e. The number of nitrogens with zero attached hydrogens (tertiary/aromatic N) is 5. The van der Waals surface area contributed by atoms with Crippen molar-refractivity contribution < 1.29 is 14.3 Å². The van der Waals surface area contributed by atoms with Crippen LogP contribution in [0.2, 0.25) is 5.15 Å². The molecule has 0 aliphatic carbocycles. The Hall–Kier alpha value is -2.40. The highest BCUT2D eigenvalue weighted by Crippen LogP contribution is 2.24. The summed E-state index contributed by atoms with van der Waals surface area (Å²) in [6.07, 6.45) is 0.908. The number of hydrogen-bond acceptors (Lipinski definition) is 8. The number of carbonyl (C=O) groups is 2. The number of nitrogens with one attached hydrogen (secondary N) is 1. The van der Waals surface area contributed by atoms with E-state index in [9.17, 15) is 9.59 Å². The van der Waals surface area contributed by atoms with Crippen molar-refractivity contribution in [2.75, 3.05) is 69.7 Å². The SMILES string of the molecule is Cc1ccc(C(=O)N2CCN(c3cc(Cl)nc(SCC(=O)NCCCN4CCOCC4)n3)CC2C)cc1. The number of ether oxygens (including phenoxy) is 1. The first-order valence-electron chi connectivity index (χ1n) is 12.8. The van der Waals surface area contributed by atoms with Crippen LogP contribution >= 0.6 is 23.4 Å². The van der Waals surface area contributed by atoms with Crippen molar-refractivity contribution in [3.8, 4) is 0 Å². The van der Waals surface area contributed by atoms with E-state index in [1.54, 1.807) is 6.07 Å². The van der Waals surface area contributed by atoms with Gasteiger partial charge >= 0.3 is 0 Å². The third kappa shape index (κ3) is 8.04. The summed E-state index contributed by atoms with van der Waals surface area (Å²) in [5.74, 6) is 0.934. The van der Waals surface area contributed by atoms with Gasteiger partial charge in [0.1, 0.15) is 11.0 Å². The molecule has 1 aromatic heterocycles. The van der Waals surface area contributed by atoms with E-state index in [0.717, 1.165) is 44.8 Å². The van der Waals surface area contributed by atoms with Gasteiger partial charge in [-0.25, -0.2) is 9.97 Å². The van der Waals surface area contributed by atoms with Crippen LogP contribution in [0, 0.1) is 6.92 Å². The molecule has 0 radical (unpaired) electrons. The van der Waals surface area contributed by atoms with Crippen LogP contribution in [0.25, 0.3) is 0 Å². The minimum Gasteiger partial charge on any atom is -0.379 e. The average Bonchev–Trinajstić information content (AvgIpc) is 2.90. The Kier molecular flexibility index (Phi) is 10.0. The van der Waals surface area contributed by atoms with Crippen molar-refractivity contribution in [1.82, 2.24) is 25.1 Å². The van der Waals surface area contributed by atoms with Gasteiger partial charge in [-0.15, -0.1) is 0 Å². The van der Waals surface area contributed by atoms with E-state index in [1.165, 1.54) is 11.8 Å². The summed E-state index contributed by atoms with van der Waals surface area (Å²) >= 11 is 7.57. The van der Waals surface area contributed by atoms with Gasteiger partial charge in [0.05, 0.1) is 19.0 Å². The summed E-state index contributed by atoms with van der Waals surface area (Å²) in [4.78, 5) is 40.6. The van der Waals surface area contributed by atoms with Crippen LogP contribution < -0.4 is 10.2 Å². The fourth-order valence-corrected chi connectivity index (χ4v) is 5.39. The summed E-state index contributed by atoms with van der Waals surface area (Å²) < 4.78 is 5.36. The van der Waals surface area contributed by atoms with Crippen molar-refractivity contribution in [1.29, 1.82) is 0 Å². The number of hydrogen-bond donors (Lipinski definition) is 1. The minimum absolute atomic E-state index is 0.00985. The fraction of sp³-hybridized carbons (Fsp3) is 0.538. The number of anilines is 1. The third-order valence-corrected chi connectivity index (χ3v) is 7.62. The molecule has 1 unspecified atom stereocenters. The molecule has 2 aliphatic rings. The van der Waals surface area contributed by atoms with Crippen LogP contribution in [-0.2, 0) is 9.53 Å². The maximum absolute atomic E-state index is 13.0. The van der Waals surface area contributed by atoms with Crippen LogP contribution in [-0.4, -0.2) is 102 Å². The van der Waals surface area contributed by atoms with Gasteiger partial charge in [-0.05, 0) is 38.9 Å². The molecule has 4 rings (SSSR count). The van der Waals surface area contributed by atoms with Crippen LogP contribution in [0.4, 0.5) is 5.82 Å². The van der Waals surface area contributed by atoms with E-state index in [-0.39, 0.29) is 23.6 Å². The summed E-state index contributed by atoms with van der Waals surface area (Å²) in [6, 6.07) is 9.43. The molecule has 2 fully saturated rings. The lowest BCUT2D eigenvalue weighted by Gasteiger charge is -2.40. The molecule has 2 saturated heterocycles. The Bertz CT molecular complexity index is 1070. The van der Waals surface area contributed by atoms with Gasteiger partial charge in [-0.2, -0.15) is 0 Å². The normalized spacial score (nSPS) is 18.6. The largest absolute Gasteiger partial charge is 0.379 e. The zero-order valence-corrected chi connectivity index (χ0v) is 23.1. The predicted molar refractivity (Wildman–Crippen MR) is 147 cm³/mol. The molecule has 37 heavy (non-hydrogen) atoms. The number of amides is 2. The van der Waals surface area contributed by atoms with Crippen LogP contribution in [0.1, 0.15) is 29.3 Å². The van der Waals surface area contributed by atoms with Gasteiger partial charge in [-0.1, -0.05) is 41.1 Å². The zero-order valence-electron chi connectivity index (χ0n) is 21.5. The maximum Gasteiger partial charge on any atom is 0.254 e. The van der Waals surface area contributed by atoms with E-state index in [1.807, 2.05) is 43.0 Å². The first kappa shape index (κ1) is 27.6. The lowest BCUT2D eigenvalue weighted by molar-refractivity contribution is -0.118. The molecular formula is C26H35ClN6O3S. The van der Waals surface area contributed by atoms with Gasteiger partial charge < -0.3 is 19.9 Å². The minimum atomic E-state index is -0.0473. The van der Waals surface area contributed by atoms with E-state index in [4.69, 9.17) is 16.3 Å². The lowest BCUT2D eigenvalue weighted by Crippen LogP contribution is -2.54. The van der Waals surface area contributed by atoms with Crippen molar-refractivity contribution in [2.24, 2.45) is 0 Å². The predicted octanol–water partition coefficient (Wildman–Crippen LogP) is 2.72. The Labute approximate surface area is 227 Å². The van der Waals surface area contributed by atoms with Crippen LogP contribution in [0.15, 0.2) is 35.5 Å². The number of aryl methyl sites for hydroxylation is 1. The summed E-state index contributed by atoms with van der Waals surface area (Å²) in [6.45, 7) is 11.0. The Morgan fingerprint density at radius 3 is 2.62 bits per heavy atom. The van der Waals surface area contributed by atoms with E-state index in [2.05, 4.69) is 25.1 Å². The Morgan fingerprint density at radius 1 is 1.14 bits per heavy atom. The number of piperazine rings is 1. The second-order valence-electron chi connectivity index (χ2n) is 9.44. The van der Waals surface area contributed by atoms with Crippen LogP contribution in [0.5, 0.6) is 0 Å². The molecule has 9 nitrogen and oxygen atoms in total. The number of carbonyl (C=O) groups excluding carboxylic acids is 2. The highest BCUT2D eigenvalue weighted by Gasteiger charge is 2.29. The van der Waals surface area contributed by atoms with Crippen molar-refractivity contribution in [2.45, 2.75) is 31.5 Å². The third-order valence-electron chi connectivity index (χ3n) is 6.58. The number of benzene rings is 1. The van der Waals surface area contributed by atoms with Crippen LogP contribution in [0.3, 0.4) is 0 Å². The maximum atomic E-state index is 13.0. The molecule has 0 saturated carbocycles. The number of thioether (sulfide) groups is 1. The van der Waals surface area contributed by atoms with Crippen molar-refractivity contribution in [3.63, 3.8) is 0 Å². The molecular weight excluding hydrogens is 512 g/mol. The highest BCUT2D eigenvalue weighted by molar-refractivity contribution is 7.99. The zero-order chi connectivity index (χ0) is 26.2. The van der Waals surface area contributed by atoms with Gasteiger partial charge in [-0.3, -0.25) is 14.5 Å². The molecule has 2 amide bonds. The first-order valence-corrected chi connectivity index (χ1v) is 14.1.